The molecule has 1 aliphatic heterocycles. The molecule has 7 aromatic carbocycles. The largest absolute Gasteiger partial charge is 0.509 e. The molecule has 4 heterocycles. The zero-order valence-corrected chi connectivity index (χ0v) is 42.7. The molecule has 0 fully saturated rings. The summed E-state index contributed by atoms with van der Waals surface area (Å²) >= 11 is 0. The third-order valence-electron chi connectivity index (χ3n) is 13.3. The molecule has 10 aromatic rings. The molecular formula is C61H53N6OPt-3. The average molecular weight is 1080 g/mol. The normalized spacial score (nSPS) is 13.0. The van der Waals surface area contributed by atoms with Gasteiger partial charge in [0.05, 0.1) is 22.7 Å². The van der Waals surface area contributed by atoms with Crippen molar-refractivity contribution < 1.29 is 25.8 Å². The molecule has 346 valence electrons. The number of para-hydroxylation sites is 3. The monoisotopic (exact) mass is 1080 g/mol. The number of nitrogens with zero attached hydrogens (tertiary/aromatic N) is 6. The number of rotatable bonds is 6. The summed E-state index contributed by atoms with van der Waals surface area (Å²) in [4.78, 5) is 9.45. The van der Waals surface area contributed by atoms with Crippen molar-refractivity contribution in [1.82, 2.24) is 14.1 Å². The molecule has 8 heteroatoms. The van der Waals surface area contributed by atoms with Crippen molar-refractivity contribution in [3.63, 3.8) is 0 Å². The van der Waals surface area contributed by atoms with Crippen LogP contribution in [0.3, 0.4) is 0 Å². The minimum atomic E-state index is -0.0828. The van der Waals surface area contributed by atoms with Crippen LogP contribution in [-0.2, 0) is 37.3 Å². The van der Waals surface area contributed by atoms with Crippen molar-refractivity contribution in [2.75, 3.05) is 9.80 Å². The van der Waals surface area contributed by atoms with Crippen LogP contribution in [0.25, 0.3) is 55.1 Å². The van der Waals surface area contributed by atoms with Gasteiger partial charge in [-0.1, -0.05) is 104 Å². The summed E-state index contributed by atoms with van der Waals surface area (Å²) in [5.74, 6) is 1.96. The van der Waals surface area contributed by atoms with E-state index in [1.54, 1.807) is 0 Å². The summed E-state index contributed by atoms with van der Waals surface area (Å²) in [7, 11) is 0. The average Bonchev–Trinajstić information content (AvgIpc) is 3.98. The van der Waals surface area contributed by atoms with E-state index in [4.69, 9.17) is 9.72 Å². The first-order valence-corrected chi connectivity index (χ1v) is 23.3. The Morgan fingerprint density at radius 3 is 1.88 bits per heavy atom. The number of nitriles is 1. The van der Waals surface area contributed by atoms with Crippen molar-refractivity contribution in [2.24, 2.45) is 0 Å². The van der Waals surface area contributed by atoms with Gasteiger partial charge >= 0.3 is 0 Å². The van der Waals surface area contributed by atoms with Crippen LogP contribution in [-0.4, -0.2) is 14.1 Å². The number of benzene rings is 7. The molecule has 0 radical (unpaired) electrons. The molecule has 0 bridgehead atoms. The molecule has 1 aliphatic rings. The van der Waals surface area contributed by atoms with E-state index in [1.165, 1.54) is 16.7 Å². The van der Waals surface area contributed by atoms with Crippen LogP contribution in [0.15, 0.2) is 152 Å². The number of hydrogen-bond acceptors (Lipinski definition) is 5. The van der Waals surface area contributed by atoms with Crippen LogP contribution < -0.4 is 14.5 Å². The van der Waals surface area contributed by atoms with Gasteiger partial charge < -0.3 is 23.7 Å². The molecule has 3 aromatic heterocycles. The van der Waals surface area contributed by atoms with Gasteiger partial charge in [0.2, 0.25) is 0 Å². The molecule has 11 rings (SSSR count). The van der Waals surface area contributed by atoms with Gasteiger partial charge in [-0.2, -0.15) is 17.4 Å². The zero-order valence-electron chi connectivity index (χ0n) is 40.4. The quantitative estimate of drug-likeness (QED) is 0.155. The molecular weight excluding hydrogens is 1030 g/mol. The molecule has 0 atom stereocenters. The minimum Gasteiger partial charge on any atom is -0.509 e. The fraction of sp³-hybridized carbons (Fsp3) is 0.197. The van der Waals surface area contributed by atoms with Gasteiger partial charge in [-0.25, -0.2) is 4.98 Å². The van der Waals surface area contributed by atoms with Gasteiger partial charge in [0.15, 0.2) is 0 Å². The molecule has 69 heavy (non-hydrogen) atoms. The maximum absolute atomic E-state index is 9.78. The van der Waals surface area contributed by atoms with Gasteiger partial charge in [0.1, 0.15) is 5.82 Å². The third-order valence-corrected chi connectivity index (χ3v) is 13.3. The molecule has 0 spiro atoms. The van der Waals surface area contributed by atoms with Crippen LogP contribution in [0.4, 0.5) is 22.7 Å². The summed E-state index contributed by atoms with van der Waals surface area (Å²) < 4.78 is 11.2. The summed E-state index contributed by atoms with van der Waals surface area (Å²) in [6.07, 6.45) is 1.90. The topological polar surface area (TPSA) is 62.2 Å². The van der Waals surface area contributed by atoms with Crippen molar-refractivity contribution in [1.29, 1.82) is 5.26 Å². The SMILES string of the molecule is CC(C)(C)c1cc(N2[CH-]N(c3[c-]c(Oc4[c-]c5c(cc4)c4cc(-n6c7ccccc7c7cc(C#N)ccc76)ccc4n5-c4cc(C(C)(C)C)ccn4)ccc3)c3ccccc32)cc(C(C)(C)C)c1.[Pt]. The first-order valence-electron chi connectivity index (χ1n) is 23.3. The molecule has 0 amide bonds. The Morgan fingerprint density at radius 1 is 0.522 bits per heavy atom. The van der Waals surface area contributed by atoms with E-state index in [2.05, 4.69) is 221 Å². The van der Waals surface area contributed by atoms with Gasteiger partial charge in [-0.3, -0.25) is 0 Å². The van der Waals surface area contributed by atoms with Crippen molar-refractivity contribution in [3.8, 4) is 29.1 Å². The third kappa shape index (κ3) is 8.05. The second-order valence-electron chi connectivity index (χ2n) is 21.1. The van der Waals surface area contributed by atoms with Crippen molar-refractivity contribution in [3.05, 3.63) is 193 Å². The van der Waals surface area contributed by atoms with E-state index in [0.717, 1.165) is 77.9 Å². The summed E-state index contributed by atoms with van der Waals surface area (Å²) in [5.41, 5.74) is 13.5. The Hall–Kier alpha value is -7.13. The minimum absolute atomic E-state index is 0. The maximum atomic E-state index is 9.78. The standard InChI is InChI=1S/C61H53N6O.Pt/c1-59(2,3)40-27-28-63-58(33-40)67-54-26-22-44(66-52-18-11-10-17-48(52)50-29-39(37-62)21-25-53(50)66)35-51(54)49-24-23-47(36-57(49)67)68-46-16-14-15-43(34-46)64-38-65(56-20-13-12-19-55(56)64)45-31-41(60(4,5)6)30-42(32-45)61(7,8)9;/h10-33,35,38H,1-9H3;/q-3;. The van der Waals surface area contributed by atoms with Gasteiger partial charge in [-0.05, 0) is 117 Å². The van der Waals surface area contributed by atoms with E-state index >= 15 is 0 Å². The van der Waals surface area contributed by atoms with E-state index in [1.807, 2.05) is 36.5 Å². The molecule has 0 aliphatic carbocycles. The predicted molar refractivity (Wildman–Crippen MR) is 279 cm³/mol. The van der Waals surface area contributed by atoms with Crippen LogP contribution in [0.2, 0.25) is 0 Å². The van der Waals surface area contributed by atoms with Crippen LogP contribution in [0.1, 0.15) is 84.6 Å². The van der Waals surface area contributed by atoms with E-state index in [9.17, 15) is 5.26 Å². The van der Waals surface area contributed by atoms with Crippen molar-refractivity contribution >= 4 is 66.4 Å². The molecule has 0 saturated carbocycles. The van der Waals surface area contributed by atoms with Crippen LogP contribution >= 0.6 is 0 Å². The number of aromatic nitrogens is 3. The number of anilines is 4. The first kappa shape index (κ1) is 45.6. The predicted octanol–water partition coefficient (Wildman–Crippen LogP) is 15.8. The first-order chi connectivity index (χ1) is 32.5. The molecule has 7 nitrogen and oxygen atoms in total. The van der Waals surface area contributed by atoms with E-state index in [-0.39, 0.29) is 37.3 Å². The number of ether oxygens (including phenoxy) is 1. The van der Waals surface area contributed by atoms with Crippen LogP contribution in [0.5, 0.6) is 11.5 Å². The number of pyridine rings is 1. The summed E-state index contributed by atoms with van der Waals surface area (Å²) in [6, 6.07) is 60.6. The summed E-state index contributed by atoms with van der Waals surface area (Å²) in [5, 5.41) is 14.0. The molecule has 0 N–H and O–H groups in total. The number of fused-ring (bicyclic) bond motifs is 7. The fourth-order valence-electron chi connectivity index (χ4n) is 9.56. The second-order valence-corrected chi connectivity index (χ2v) is 21.1. The summed E-state index contributed by atoms with van der Waals surface area (Å²) in [6.45, 7) is 22.5. The Balaban J connectivity index is 0.00000553. The van der Waals surface area contributed by atoms with E-state index in [0.29, 0.717) is 17.1 Å². The van der Waals surface area contributed by atoms with Gasteiger partial charge in [-0.15, -0.1) is 48.1 Å². The van der Waals surface area contributed by atoms with Crippen LogP contribution in [0, 0.1) is 30.1 Å². The van der Waals surface area contributed by atoms with E-state index < -0.39 is 0 Å². The second kappa shape index (κ2) is 16.8. The smallest absolute Gasteiger partial charge is 0.135 e. The Labute approximate surface area is 419 Å². The molecule has 0 unspecified atom stereocenters. The maximum Gasteiger partial charge on any atom is 0.135 e. The van der Waals surface area contributed by atoms with Gasteiger partial charge in [0, 0.05) is 77.8 Å². The van der Waals surface area contributed by atoms with Gasteiger partial charge in [0.25, 0.3) is 0 Å². The number of hydrogen-bond donors (Lipinski definition) is 0. The Kier molecular flexibility index (Phi) is 11.1. The Bertz CT molecular complexity index is 3650. The zero-order chi connectivity index (χ0) is 47.3. The fourth-order valence-corrected chi connectivity index (χ4v) is 9.56. The molecule has 0 saturated heterocycles. The van der Waals surface area contributed by atoms with Crippen molar-refractivity contribution in [2.45, 2.75) is 78.6 Å². The Morgan fingerprint density at radius 2 is 1.16 bits per heavy atom.